The van der Waals surface area contributed by atoms with Crippen LogP contribution in [0.5, 0.6) is 0 Å². The highest BCUT2D eigenvalue weighted by Crippen LogP contribution is 2.31. The van der Waals surface area contributed by atoms with Crippen molar-refractivity contribution in [1.29, 1.82) is 0 Å². The molecule has 28 heavy (non-hydrogen) atoms. The maximum atomic E-state index is 12.7. The van der Waals surface area contributed by atoms with E-state index < -0.39 is 5.69 Å². The molecule has 1 aromatic carbocycles. The lowest BCUT2D eigenvalue weighted by Gasteiger charge is -2.09. The van der Waals surface area contributed by atoms with Crippen LogP contribution in [0.3, 0.4) is 0 Å². The van der Waals surface area contributed by atoms with E-state index in [1.807, 2.05) is 55.6 Å². The van der Waals surface area contributed by atoms with E-state index in [9.17, 15) is 9.59 Å². The molecule has 0 bridgehead atoms. The zero-order valence-electron chi connectivity index (χ0n) is 15.4. The van der Waals surface area contributed by atoms with Gasteiger partial charge in [-0.15, -0.1) is 22.7 Å². The Bertz CT molecular complexity index is 1190. The summed E-state index contributed by atoms with van der Waals surface area (Å²) in [6, 6.07) is 11.8. The number of amides is 1. The molecule has 1 N–H and O–H groups in total. The van der Waals surface area contributed by atoms with Crippen LogP contribution < -0.4 is 11.0 Å². The Kier molecular flexibility index (Phi) is 5.06. The monoisotopic (exact) mass is 410 g/mol. The van der Waals surface area contributed by atoms with Crippen molar-refractivity contribution in [2.45, 2.75) is 26.9 Å². The van der Waals surface area contributed by atoms with E-state index in [4.69, 9.17) is 0 Å². The second-order valence-corrected chi connectivity index (χ2v) is 8.58. The zero-order chi connectivity index (χ0) is 19.7. The highest BCUT2D eigenvalue weighted by Gasteiger charge is 2.18. The molecule has 0 unspecified atom stereocenters. The summed E-state index contributed by atoms with van der Waals surface area (Å²) in [5.41, 5.74) is 2.98. The Morgan fingerprint density at radius 2 is 1.93 bits per heavy atom. The van der Waals surface area contributed by atoms with Crippen molar-refractivity contribution in [3.05, 3.63) is 68.4 Å². The van der Waals surface area contributed by atoms with Crippen molar-refractivity contribution in [2.75, 3.05) is 0 Å². The molecular weight excluding hydrogens is 392 g/mol. The summed E-state index contributed by atoms with van der Waals surface area (Å²) in [7, 11) is 0. The first-order chi connectivity index (χ1) is 13.5. The van der Waals surface area contributed by atoms with Crippen LogP contribution in [0.25, 0.3) is 20.9 Å². The zero-order valence-corrected chi connectivity index (χ0v) is 17.1. The van der Waals surface area contributed by atoms with E-state index in [2.05, 4.69) is 15.3 Å². The number of carbonyl (C=O) groups is 1. The number of thiazole rings is 1. The van der Waals surface area contributed by atoms with Gasteiger partial charge < -0.3 is 5.32 Å². The topological polar surface area (TPSA) is 76.9 Å². The fourth-order valence-electron chi connectivity index (χ4n) is 2.88. The Labute approximate surface area is 169 Å². The van der Waals surface area contributed by atoms with Crippen molar-refractivity contribution in [1.82, 2.24) is 19.9 Å². The summed E-state index contributed by atoms with van der Waals surface area (Å²) in [4.78, 5) is 35.5. The van der Waals surface area contributed by atoms with Gasteiger partial charge in [0.15, 0.2) is 0 Å². The molecule has 3 aromatic heterocycles. The minimum atomic E-state index is -0.440. The summed E-state index contributed by atoms with van der Waals surface area (Å²) in [5, 5.41) is 5.63. The molecule has 0 saturated carbocycles. The van der Waals surface area contributed by atoms with Crippen molar-refractivity contribution in [3.8, 4) is 10.6 Å². The molecule has 6 nitrogen and oxygen atoms in total. The van der Waals surface area contributed by atoms with Gasteiger partial charge >= 0.3 is 5.69 Å². The minimum Gasteiger partial charge on any atom is -0.350 e. The standard InChI is InChI=1S/C20H18N4O2S2/c1-12-5-7-14(8-6-12)10-21-16(25)11-24-19-18(22-13(2)28-19)17(23-20(24)26)15-4-3-9-27-15/h3-9H,10-11H2,1-2H3,(H,21,25). The number of rotatable bonds is 5. The normalized spacial score (nSPS) is 11.1. The molecular formula is C20H18N4O2S2. The van der Waals surface area contributed by atoms with Gasteiger partial charge in [-0.25, -0.2) is 9.78 Å². The SMILES string of the molecule is Cc1ccc(CNC(=O)Cn2c(=O)nc(-c3cccs3)c3nc(C)sc32)cc1. The molecule has 4 rings (SSSR count). The maximum Gasteiger partial charge on any atom is 0.349 e. The highest BCUT2D eigenvalue weighted by molar-refractivity contribution is 7.18. The van der Waals surface area contributed by atoms with Crippen LogP contribution in [0.2, 0.25) is 0 Å². The number of hydrogen-bond donors (Lipinski definition) is 1. The Morgan fingerprint density at radius 3 is 2.64 bits per heavy atom. The predicted octanol–water partition coefficient (Wildman–Crippen LogP) is 3.51. The van der Waals surface area contributed by atoms with Crippen LogP contribution in [-0.2, 0) is 17.9 Å². The molecule has 0 aliphatic rings. The summed E-state index contributed by atoms with van der Waals surface area (Å²) in [6.45, 7) is 4.24. The molecule has 0 aliphatic carbocycles. The number of aryl methyl sites for hydroxylation is 2. The second-order valence-electron chi connectivity index (χ2n) is 6.46. The fourth-order valence-corrected chi connectivity index (χ4v) is 4.50. The number of nitrogens with one attached hydrogen (secondary N) is 1. The molecule has 0 saturated heterocycles. The molecule has 8 heteroatoms. The van der Waals surface area contributed by atoms with Crippen LogP contribution in [-0.4, -0.2) is 20.4 Å². The predicted molar refractivity (Wildman–Crippen MR) is 113 cm³/mol. The molecule has 0 fully saturated rings. The Hall–Kier alpha value is -2.84. The molecule has 0 spiro atoms. The maximum absolute atomic E-state index is 12.7. The van der Waals surface area contributed by atoms with Gasteiger partial charge in [0, 0.05) is 6.54 Å². The van der Waals surface area contributed by atoms with Gasteiger partial charge in [-0.1, -0.05) is 35.9 Å². The number of nitrogens with zero attached hydrogens (tertiary/aromatic N) is 3. The lowest BCUT2D eigenvalue weighted by Crippen LogP contribution is -2.33. The molecule has 0 atom stereocenters. The van der Waals surface area contributed by atoms with Gasteiger partial charge in [-0.2, -0.15) is 4.98 Å². The van der Waals surface area contributed by atoms with Gasteiger partial charge in [0.05, 0.1) is 9.88 Å². The number of aromatic nitrogens is 3. The van der Waals surface area contributed by atoms with E-state index in [1.54, 1.807) is 0 Å². The first-order valence-electron chi connectivity index (χ1n) is 8.75. The van der Waals surface area contributed by atoms with Crippen molar-refractivity contribution >= 4 is 38.9 Å². The van der Waals surface area contributed by atoms with E-state index in [-0.39, 0.29) is 12.5 Å². The Balaban J connectivity index is 1.61. The number of benzene rings is 1. The molecule has 0 radical (unpaired) electrons. The lowest BCUT2D eigenvalue weighted by atomic mass is 10.1. The van der Waals surface area contributed by atoms with Crippen LogP contribution in [0.1, 0.15) is 16.1 Å². The highest BCUT2D eigenvalue weighted by atomic mass is 32.1. The molecule has 1 amide bonds. The van der Waals surface area contributed by atoms with E-state index >= 15 is 0 Å². The van der Waals surface area contributed by atoms with Gasteiger partial charge in [-0.05, 0) is 30.9 Å². The van der Waals surface area contributed by atoms with Crippen LogP contribution in [0, 0.1) is 13.8 Å². The van der Waals surface area contributed by atoms with Crippen molar-refractivity contribution in [3.63, 3.8) is 0 Å². The van der Waals surface area contributed by atoms with Gasteiger partial charge in [0.2, 0.25) is 5.91 Å². The number of thiophene rings is 1. The quantitative estimate of drug-likeness (QED) is 0.546. The van der Waals surface area contributed by atoms with E-state index in [0.29, 0.717) is 22.6 Å². The third-order valence-electron chi connectivity index (χ3n) is 4.29. The number of hydrogen-bond acceptors (Lipinski definition) is 6. The molecule has 4 aromatic rings. The third-order valence-corrected chi connectivity index (χ3v) is 6.16. The summed E-state index contributed by atoms with van der Waals surface area (Å²) in [6.07, 6.45) is 0. The fraction of sp³-hybridized carbons (Fsp3) is 0.200. The smallest absolute Gasteiger partial charge is 0.349 e. The first-order valence-corrected chi connectivity index (χ1v) is 10.4. The van der Waals surface area contributed by atoms with E-state index in [0.717, 1.165) is 15.4 Å². The van der Waals surface area contributed by atoms with Crippen LogP contribution >= 0.6 is 22.7 Å². The minimum absolute atomic E-state index is 0.0828. The first kappa shape index (κ1) is 18.5. The van der Waals surface area contributed by atoms with Crippen molar-refractivity contribution in [2.24, 2.45) is 0 Å². The largest absolute Gasteiger partial charge is 0.350 e. The number of carbonyl (C=O) groups excluding carboxylic acids is 1. The van der Waals surface area contributed by atoms with E-state index in [1.165, 1.54) is 32.8 Å². The average Bonchev–Trinajstić information content (AvgIpc) is 3.33. The van der Waals surface area contributed by atoms with Gasteiger partial charge in [-0.3, -0.25) is 9.36 Å². The number of fused-ring (bicyclic) bond motifs is 1. The van der Waals surface area contributed by atoms with Crippen molar-refractivity contribution < 1.29 is 4.79 Å². The summed E-state index contributed by atoms with van der Waals surface area (Å²) < 4.78 is 1.40. The van der Waals surface area contributed by atoms with Crippen LogP contribution in [0.15, 0.2) is 46.6 Å². The molecule has 3 heterocycles. The Morgan fingerprint density at radius 1 is 1.14 bits per heavy atom. The van der Waals surface area contributed by atoms with Crippen LogP contribution in [0.4, 0.5) is 0 Å². The van der Waals surface area contributed by atoms with Gasteiger partial charge in [0.25, 0.3) is 0 Å². The second kappa shape index (κ2) is 7.65. The summed E-state index contributed by atoms with van der Waals surface area (Å²) in [5.74, 6) is -0.235. The molecule has 0 aliphatic heterocycles. The average molecular weight is 411 g/mol. The van der Waals surface area contributed by atoms with Gasteiger partial charge in [0.1, 0.15) is 22.6 Å². The lowest BCUT2D eigenvalue weighted by molar-refractivity contribution is -0.121. The molecule has 142 valence electrons. The summed E-state index contributed by atoms with van der Waals surface area (Å²) >= 11 is 2.91. The third kappa shape index (κ3) is 3.74.